The molecule has 0 fully saturated rings. The SMILES string of the molecule is CC(C)(C)c1ccc2c(c1)c1cc(N(c3ccccc3)c3ccc4c(c3)c3ccccc3n4-c3ccccc3)ccc1n2-c1ccc(-c2ccccc2)cc1. The third-order valence-electron chi connectivity index (χ3n) is 11.0. The molecule has 3 heteroatoms. The van der Waals surface area contributed by atoms with Gasteiger partial charge in [0.2, 0.25) is 0 Å². The van der Waals surface area contributed by atoms with Crippen LogP contribution < -0.4 is 4.90 Å². The topological polar surface area (TPSA) is 13.1 Å². The molecule has 0 aliphatic rings. The van der Waals surface area contributed by atoms with Crippen LogP contribution >= 0.6 is 0 Å². The zero-order valence-corrected chi connectivity index (χ0v) is 31.3. The van der Waals surface area contributed by atoms with Gasteiger partial charge in [0.25, 0.3) is 0 Å². The summed E-state index contributed by atoms with van der Waals surface area (Å²) in [5.74, 6) is 0. The second kappa shape index (κ2) is 12.9. The quantitative estimate of drug-likeness (QED) is 0.168. The Labute approximate surface area is 322 Å². The molecule has 0 saturated heterocycles. The van der Waals surface area contributed by atoms with Crippen LogP contribution in [0.2, 0.25) is 0 Å². The molecule has 10 rings (SSSR count). The molecule has 264 valence electrons. The summed E-state index contributed by atoms with van der Waals surface area (Å²) >= 11 is 0. The van der Waals surface area contributed by atoms with E-state index in [-0.39, 0.29) is 5.41 Å². The number of hydrogen-bond acceptors (Lipinski definition) is 1. The van der Waals surface area contributed by atoms with Gasteiger partial charge in [-0.25, -0.2) is 0 Å². The minimum absolute atomic E-state index is 0.0158. The van der Waals surface area contributed by atoms with Gasteiger partial charge in [-0.15, -0.1) is 0 Å². The van der Waals surface area contributed by atoms with E-state index in [1.807, 2.05) is 0 Å². The fraction of sp³-hybridized carbons (Fsp3) is 0.0769. The average Bonchev–Trinajstić information content (AvgIpc) is 3.74. The number of para-hydroxylation sites is 3. The van der Waals surface area contributed by atoms with Crippen LogP contribution in [0.25, 0.3) is 66.1 Å². The molecule has 0 saturated carbocycles. The molecule has 0 unspecified atom stereocenters. The van der Waals surface area contributed by atoms with Crippen molar-refractivity contribution in [2.45, 2.75) is 26.2 Å². The summed E-state index contributed by atoms with van der Waals surface area (Å²) in [4.78, 5) is 2.40. The molecule has 10 aromatic rings. The van der Waals surface area contributed by atoms with Crippen molar-refractivity contribution < 1.29 is 0 Å². The van der Waals surface area contributed by atoms with E-state index in [2.05, 4.69) is 229 Å². The van der Waals surface area contributed by atoms with Crippen LogP contribution in [0.15, 0.2) is 194 Å². The van der Waals surface area contributed by atoms with Gasteiger partial charge in [-0.1, -0.05) is 124 Å². The van der Waals surface area contributed by atoms with Crippen LogP contribution in [0.4, 0.5) is 17.1 Å². The van der Waals surface area contributed by atoms with E-state index >= 15 is 0 Å². The number of nitrogens with zero attached hydrogens (tertiary/aromatic N) is 3. The predicted octanol–water partition coefficient (Wildman–Crippen LogP) is 14.3. The maximum atomic E-state index is 2.42. The molecule has 3 nitrogen and oxygen atoms in total. The lowest BCUT2D eigenvalue weighted by molar-refractivity contribution is 0.591. The van der Waals surface area contributed by atoms with Crippen LogP contribution in [0.3, 0.4) is 0 Å². The summed E-state index contributed by atoms with van der Waals surface area (Å²) in [6.07, 6.45) is 0. The normalized spacial score (nSPS) is 11.9. The first-order valence-corrected chi connectivity index (χ1v) is 19.1. The molecular weight excluding hydrogens is 667 g/mol. The lowest BCUT2D eigenvalue weighted by atomic mass is 9.86. The summed E-state index contributed by atoms with van der Waals surface area (Å²) < 4.78 is 4.80. The van der Waals surface area contributed by atoms with Gasteiger partial charge < -0.3 is 14.0 Å². The van der Waals surface area contributed by atoms with Crippen LogP contribution in [-0.4, -0.2) is 9.13 Å². The van der Waals surface area contributed by atoms with Gasteiger partial charge in [0.05, 0.1) is 22.1 Å². The van der Waals surface area contributed by atoms with E-state index < -0.39 is 0 Å². The molecular formula is C52H41N3. The Kier molecular flexibility index (Phi) is 7.71. The van der Waals surface area contributed by atoms with Gasteiger partial charge >= 0.3 is 0 Å². The average molecular weight is 708 g/mol. The second-order valence-electron chi connectivity index (χ2n) is 15.5. The van der Waals surface area contributed by atoms with Crippen LogP contribution in [-0.2, 0) is 5.41 Å². The molecule has 0 amide bonds. The lowest BCUT2D eigenvalue weighted by Gasteiger charge is -2.26. The Morgan fingerprint density at radius 1 is 0.345 bits per heavy atom. The van der Waals surface area contributed by atoms with Crippen molar-refractivity contribution in [3.05, 3.63) is 200 Å². The van der Waals surface area contributed by atoms with Gasteiger partial charge in [-0.3, -0.25) is 0 Å². The number of hydrogen-bond donors (Lipinski definition) is 0. The summed E-state index contributed by atoms with van der Waals surface area (Å²) in [5, 5.41) is 4.95. The summed E-state index contributed by atoms with van der Waals surface area (Å²) in [6, 6.07) is 70.7. The van der Waals surface area contributed by atoms with Gasteiger partial charge in [0.1, 0.15) is 0 Å². The fourth-order valence-electron chi connectivity index (χ4n) is 8.31. The van der Waals surface area contributed by atoms with Crippen molar-refractivity contribution in [1.29, 1.82) is 0 Å². The van der Waals surface area contributed by atoms with Gasteiger partial charge in [-0.2, -0.15) is 0 Å². The van der Waals surface area contributed by atoms with Crippen molar-refractivity contribution in [2.24, 2.45) is 0 Å². The van der Waals surface area contributed by atoms with Crippen molar-refractivity contribution >= 4 is 60.7 Å². The standard InChI is InChI=1S/C52H41N3/c1-52(2,3)38-25-30-49-45(33-38)47-35-43(29-32-51(47)55(49)41-26-23-37(24-27-41)36-15-7-4-8-16-36)53(39-17-9-5-10-18-39)42-28-31-50-46(34-42)44-21-13-14-22-48(44)54(50)40-19-11-6-12-20-40/h4-35H,1-3H3. The van der Waals surface area contributed by atoms with E-state index in [4.69, 9.17) is 0 Å². The Morgan fingerprint density at radius 3 is 1.42 bits per heavy atom. The molecule has 0 aliphatic carbocycles. The molecule has 8 aromatic carbocycles. The van der Waals surface area contributed by atoms with Crippen molar-refractivity contribution in [3.8, 4) is 22.5 Å². The van der Waals surface area contributed by atoms with Crippen molar-refractivity contribution in [1.82, 2.24) is 9.13 Å². The highest BCUT2D eigenvalue weighted by molar-refractivity contribution is 6.12. The second-order valence-corrected chi connectivity index (χ2v) is 15.5. The van der Waals surface area contributed by atoms with Crippen LogP contribution in [0.1, 0.15) is 26.3 Å². The fourth-order valence-corrected chi connectivity index (χ4v) is 8.31. The Hall–Kier alpha value is -6.84. The zero-order valence-electron chi connectivity index (χ0n) is 31.3. The number of anilines is 3. The minimum Gasteiger partial charge on any atom is -0.310 e. The monoisotopic (exact) mass is 707 g/mol. The van der Waals surface area contributed by atoms with Gasteiger partial charge in [0, 0.05) is 50.0 Å². The van der Waals surface area contributed by atoms with E-state index in [0.29, 0.717) is 0 Å². The predicted molar refractivity (Wildman–Crippen MR) is 234 cm³/mol. The molecule has 2 aromatic heterocycles. The third kappa shape index (κ3) is 5.59. The van der Waals surface area contributed by atoms with Crippen LogP contribution in [0.5, 0.6) is 0 Å². The maximum absolute atomic E-state index is 2.42. The van der Waals surface area contributed by atoms with Crippen molar-refractivity contribution in [2.75, 3.05) is 4.90 Å². The maximum Gasteiger partial charge on any atom is 0.0542 e. The number of aromatic nitrogens is 2. The van der Waals surface area contributed by atoms with Gasteiger partial charge in [0.15, 0.2) is 0 Å². The molecule has 0 spiro atoms. The minimum atomic E-state index is 0.0158. The molecule has 2 heterocycles. The first-order chi connectivity index (χ1) is 26.9. The summed E-state index contributed by atoms with van der Waals surface area (Å²) in [5.41, 5.74) is 14.2. The number of fused-ring (bicyclic) bond motifs is 6. The van der Waals surface area contributed by atoms with Gasteiger partial charge in [-0.05, 0) is 113 Å². The van der Waals surface area contributed by atoms with E-state index in [9.17, 15) is 0 Å². The van der Waals surface area contributed by atoms with E-state index in [1.54, 1.807) is 0 Å². The molecule has 0 radical (unpaired) electrons. The first kappa shape index (κ1) is 32.8. The highest BCUT2D eigenvalue weighted by Crippen LogP contribution is 2.43. The Morgan fingerprint density at radius 2 is 0.800 bits per heavy atom. The highest BCUT2D eigenvalue weighted by Gasteiger charge is 2.21. The summed E-state index contributed by atoms with van der Waals surface area (Å²) in [6.45, 7) is 6.88. The lowest BCUT2D eigenvalue weighted by Crippen LogP contribution is -2.10. The Bertz CT molecular complexity index is 2980. The molecule has 0 aliphatic heterocycles. The Balaban J connectivity index is 1.18. The van der Waals surface area contributed by atoms with Crippen molar-refractivity contribution in [3.63, 3.8) is 0 Å². The largest absolute Gasteiger partial charge is 0.310 e. The zero-order chi connectivity index (χ0) is 37.1. The highest BCUT2D eigenvalue weighted by atomic mass is 15.1. The smallest absolute Gasteiger partial charge is 0.0542 e. The number of rotatable bonds is 6. The van der Waals surface area contributed by atoms with E-state index in [0.717, 1.165) is 28.4 Å². The first-order valence-electron chi connectivity index (χ1n) is 19.1. The molecule has 0 bridgehead atoms. The number of benzene rings is 8. The molecule has 55 heavy (non-hydrogen) atoms. The molecule has 0 atom stereocenters. The third-order valence-corrected chi connectivity index (χ3v) is 11.0. The molecule has 0 N–H and O–H groups in total. The van der Waals surface area contributed by atoms with E-state index in [1.165, 1.54) is 60.3 Å². The summed E-state index contributed by atoms with van der Waals surface area (Å²) in [7, 11) is 0. The van der Waals surface area contributed by atoms with Crippen LogP contribution in [0, 0.1) is 0 Å².